The minimum atomic E-state index is -0.312. The summed E-state index contributed by atoms with van der Waals surface area (Å²) in [5.41, 5.74) is 5.50. The molecule has 1 rings (SSSR count). The molecule has 16 heavy (non-hydrogen) atoms. The normalized spacial score (nSPS) is 18.3. The smallest absolute Gasteiger partial charge is 0.229 e. The highest BCUT2D eigenvalue weighted by atomic mass is 32.1. The summed E-state index contributed by atoms with van der Waals surface area (Å²) in [4.78, 5) is 14.3. The minimum Gasteiger partial charge on any atom is -0.393 e. The number of nitrogens with two attached hydrogens (primary N) is 1. The number of hydrogen-bond acceptors (Lipinski definition) is 3. The maximum atomic E-state index is 11.7. The van der Waals surface area contributed by atoms with Crippen LogP contribution in [0.4, 0.5) is 0 Å². The van der Waals surface area contributed by atoms with Crippen molar-refractivity contribution >= 4 is 23.1 Å². The molecule has 0 aliphatic carbocycles. The number of nitrogens with zero attached hydrogens (tertiary/aromatic N) is 1. The summed E-state index contributed by atoms with van der Waals surface area (Å²) < 4.78 is 0. The van der Waals surface area contributed by atoms with Gasteiger partial charge in [-0.3, -0.25) is 4.79 Å². The van der Waals surface area contributed by atoms with Crippen molar-refractivity contribution in [1.29, 1.82) is 0 Å². The molecule has 1 aliphatic rings. The molecule has 1 heterocycles. The van der Waals surface area contributed by atoms with E-state index in [4.69, 9.17) is 18.0 Å². The Labute approximate surface area is 103 Å². The molecule has 1 saturated heterocycles. The van der Waals surface area contributed by atoms with Gasteiger partial charge in [0, 0.05) is 13.1 Å². The number of hydrogen-bond donors (Lipinski definition) is 2. The largest absolute Gasteiger partial charge is 0.393 e. The number of amides is 1. The quantitative estimate of drug-likeness (QED) is 0.667. The third-order valence-electron chi connectivity index (χ3n) is 2.99. The van der Waals surface area contributed by atoms with Gasteiger partial charge in [-0.2, -0.15) is 0 Å². The fourth-order valence-electron chi connectivity index (χ4n) is 1.98. The highest BCUT2D eigenvalue weighted by molar-refractivity contribution is 7.80. The predicted molar refractivity (Wildman–Crippen MR) is 69.3 cm³/mol. The van der Waals surface area contributed by atoms with Gasteiger partial charge >= 0.3 is 0 Å². The average Bonchev–Trinajstić information content (AvgIpc) is 2.71. The second-order valence-electron chi connectivity index (χ2n) is 4.20. The molecule has 1 aliphatic heterocycles. The third-order valence-corrected chi connectivity index (χ3v) is 3.28. The number of thiocarbonyl (C=S) groups is 1. The first-order valence-electron chi connectivity index (χ1n) is 5.94. The first-order valence-corrected chi connectivity index (χ1v) is 6.35. The van der Waals surface area contributed by atoms with Gasteiger partial charge in [0.25, 0.3) is 0 Å². The fourth-order valence-corrected chi connectivity index (χ4v) is 2.26. The minimum absolute atomic E-state index is 0.0332. The number of carbonyl (C=O) groups is 1. The van der Waals surface area contributed by atoms with Crippen molar-refractivity contribution in [2.24, 2.45) is 11.7 Å². The van der Waals surface area contributed by atoms with Crippen molar-refractivity contribution in [1.82, 2.24) is 10.2 Å². The van der Waals surface area contributed by atoms with E-state index in [9.17, 15) is 4.79 Å². The molecule has 0 bridgehead atoms. The Morgan fingerprint density at radius 1 is 1.50 bits per heavy atom. The molecule has 0 radical (unpaired) electrons. The van der Waals surface area contributed by atoms with Crippen LogP contribution >= 0.6 is 12.2 Å². The van der Waals surface area contributed by atoms with Crippen molar-refractivity contribution in [3.05, 3.63) is 0 Å². The van der Waals surface area contributed by atoms with E-state index in [-0.39, 0.29) is 11.8 Å². The molecule has 0 aromatic carbocycles. The van der Waals surface area contributed by atoms with Gasteiger partial charge in [0.2, 0.25) is 5.91 Å². The molecule has 1 fully saturated rings. The molecule has 0 spiro atoms. The molecular weight excluding hydrogens is 222 g/mol. The number of rotatable bonds is 6. The van der Waals surface area contributed by atoms with E-state index in [2.05, 4.69) is 10.2 Å². The molecule has 0 saturated carbocycles. The Balaban J connectivity index is 2.20. The highest BCUT2D eigenvalue weighted by Gasteiger charge is 2.19. The average molecular weight is 243 g/mol. The summed E-state index contributed by atoms with van der Waals surface area (Å²) >= 11 is 4.86. The van der Waals surface area contributed by atoms with Gasteiger partial charge < -0.3 is 16.0 Å². The summed E-state index contributed by atoms with van der Waals surface area (Å²) in [6, 6.07) is 0. The lowest BCUT2D eigenvalue weighted by atomic mass is 10.1. The van der Waals surface area contributed by atoms with Crippen LogP contribution < -0.4 is 11.1 Å². The molecule has 5 heteroatoms. The summed E-state index contributed by atoms with van der Waals surface area (Å²) in [5, 5.41) is 2.89. The predicted octanol–water partition coefficient (Wildman–Crippen LogP) is 0.511. The van der Waals surface area contributed by atoms with Crippen LogP contribution in [0.5, 0.6) is 0 Å². The maximum Gasteiger partial charge on any atom is 0.229 e. The third kappa shape index (κ3) is 4.06. The Kier molecular flexibility index (Phi) is 5.69. The zero-order valence-electron chi connectivity index (χ0n) is 9.87. The summed E-state index contributed by atoms with van der Waals surface area (Å²) in [5.74, 6) is -0.345. The highest BCUT2D eigenvalue weighted by Crippen LogP contribution is 2.06. The van der Waals surface area contributed by atoms with Crippen LogP contribution in [0.25, 0.3) is 0 Å². The van der Waals surface area contributed by atoms with Gasteiger partial charge in [0.1, 0.15) is 0 Å². The molecule has 3 N–H and O–H groups in total. The molecule has 4 nitrogen and oxygen atoms in total. The standard InChI is InChI=1S/C11H21N3OS/c1-2-9(10(12)16)11(15)13-5-8-14-6-3-4-7-14/h9H,2-8H2,1H3,(H2,12,16)(H,13,15). The molecule has 1 amide bonds. The fraction of sp³-hybridized carbons (Fsp3) is 0.818. The van der Waals surface area contributed by atoms with E-state index in [1.54, 1.807) is 0 Å². The molecule has 1 atom stereocenters. The van der Waals surface area contributed by atoms with E-state index in [1.807, 2.05) is 6.92 Å². The summed E-state index contributed by atoms with van der Waals surface area (Å²) in [6.45, 7) is 5.85. The number of likely N-dealkylation sites (tertiary alicyclic amines) is 1. The van der Waals surface area contributed by atoms with Crippen molar-refractivity contribution < 1.29 is 4.79 Å². The van der Waals surface area contributed by atoms with E-state index < -0.39 is 0 Å². The van der Waals surface area contributed by atoms with Gasteiger partial charge in [-0.25, -0.2) is 0 Å². The Morgan fingerprint density at radius 3 is 2.62 bits per heavy atom. The van der Waals surface area contributed by atoms with Crippen LogP contribution in [0, 0.1) is 5.92 Å². The first-order chi connectivity index (χ1) is 7.65. The molecule has 92 valence electrons. The van der Waals surface area contributed by atoms with Crippen molar-refractivity contribution in [3.8, 4) is 0 Å². The second-order valence-corrected chi connectivity index (χ2v) is 4.67. The van der Waals surface area contributed by atoms with Gasteiger partial charge in [-0.15, -0.1) is 0 Å². The SMILES string of the molecule is CCC(C(=O)NCCN1CCCC1)C(N)=S. The molecule has 0 aromatic heterocycles. The lowest BCUT2D eigenvalue weighted by molar-refractivity contribution is -0.123. The number of carbonyl (C=O) groups excluding carboxylic acids is 1. The van der Waals surface area contributed by atoms with Crippen LogP contribution in [0.1, 0.15) is 26.2 Å². The molecule has 0 aromatic rings. The zero-order valence-corrected chi connectivity index (χ0v) is 10.7. The Bertz CT molecular complexity index is 252. The Hall–Kier alpha value is -0.680. The van der Waals surface area contributed by atoms with E-state index >= 15 is 0 Å². The van der Waals surface area contributed by atoms with Crippen molar-refractivity contribution in [3.63, 3.8) is 0 Å². The van der Waals surface area contributed by atoms with Gasteiger partial charge in [-0.1, -0.05) is 19.1 Å². The summed E-state index contributed by atoms with van der Waals surface area (Å²) in [7, 11) is 0. The van der Waals surface area contributed by atoms with E-state index in [0.717, 1.165) is 19.6 Å². The number of nitrogens with one attached hydrogen (secondary N) is 1. The van der Waals surface area contributed by atoms with Crippen LogP contribution in [0.3, 0.4) is 0 Å². The van der Waals surface area contributed by atoms with Gasteiger partial charge in [0.15, 0.2) is 0 Å². The Morgan fingerprint density at radius 2 is 2.12 bits per heavy atom. The molecular formula is C11H21N3OS. The topological polar surface area (TPSA) is 58.4 Å². The van der Waals surface area contributed by atoms with Crippen LogP contribution in [-0.2, 0) is 4.79 Å². The molecule has 1 unspecified atom stereocenters. The van der Waals surface area contributed by atoms with Crippen LogP contribution in [-0.4, -0.2) is 42.0 Å². The van der Waals surface area contributed by atoms with Crippen molar-refractivity contribution in [2.75, 3.05) is 26.2 Å². The maximum absolute atomic E-state index is 11.7. The van der Waals surface area contributed by atoms with Crippen LogP contribution in [0.15, 0.2) is 0 Å². The van der Waals surface area contributed by atoms with Crippen molar-refractivity contribution in [2.45, 2.75) is 26.2 Å². The lowest BCUT2D eigenvalue weighted by Crippen LogP contribution is -2.40. The zero-order chi connectivity index (χ0) is 12.0. The summed E-state index contributed by atoms with van der Waals surface area (Å²) in [6.07, 6.45) is 3.22. The lowest BCUT2D eigenvalue weighted by Gasteiger charge is -2.17. The second kappa shape index (κ2) is 6.81. The van der Waals surface area contributed by atoms with E-state index in [0.29, 0.717) is 18.0 Å². The van der Waals surface area contributed by atoms with Crippen LogP contribution in [0.2, 0.25) is 0 Å². The first kappa shape index (κ1) is 13.4. The van der Waals surface area contributed by atoms with E-state index in [1.165, 1.54) is 12.8 Å². The van der Waals surface area contributed by atoms with Gasteiger partial charge in [-0.05, 0) is 32.4 Å². The van der Waals surface area contributed by atoms with Gasteiger partial charge in [0.05, 0.1) is 10.9 Å². The monoisotopic (exact) mass is 243 g/mol.